The highest BCUT2D eigenvalue weighted by atomic mass is 32.2. The molecule has 6 nitrogen and oxygen atoms in total. The van der Waals surface area contributed by atoms with Gasteiger partial charge in [-0.1, -0.05) is 60.2 Å². The van der Waals surface area contributed by atoms with Crippen molar-refractivity contribution in [2.24, 2.45) is 0 Å². The van der Waals surface area contributed by atoms with Crippen molar-refractivity contribution in [1.82, 2.24) is 14.3 Å². The SMILES string of the molecule is CCS(=O)(=O)N1CCN(c2nc(-c3ccccc3)nc(C)c2Cc2ccc(C)cc2)CC1. The monoisotopic (exact) mass is 450 g/mol. The zero-order valence-electron chi connectivity index (χ0n) is 19.0. The zero-order chi connectivity index (χ0) is 22.7. The third-order valence-electron chi connectivity index (χ3n) is 6.02. The van der Waals surface area contributed by atoms with Gasteiger partial charge in [-0.15, -0.1) is 0 Å². The van der Waals surface area contributed by atoms with Gasteiger partial charge in [0.15, 0.2) is 5.82 Å². The van der Waals surface area contributed by atoms with Gasteiger partial charge in [0.05, 0.1) is 5.75 Å². The molecule has 0 unspecified atom stereocenters. The van der Waals surface area contributed by atoms with Crippen LogP contribution in [0.25, 0.3) is 11.4 Å². The fraction of sp³-hybridized carbons (Fsp3) is 0.360. The molecular weight excluding hydrogens is 420 g/mol. The predicted molar refractivity (Wildman–Crippen MR) is 129 cm³/mol. The minimum absolute atomic E-state index is 0.135. The summed E-state index contributed by atoms with van der Waals surface area (Å²) in [4.78, 5) is 12.0. The van der Waals surface area contributed by atoms with Crippen LogP contribution >= 0.6 is 0 Å². The lowest BCUT2D eigenvalue weighted by atomic mass is 10.0. The van der Waals surface area contributed by atoms with Gasteiger partial charge in [0.2, 0.25) is 10.0 Å². The van der Waals surface area contributed by atoms with Gasteiger partial charge in [-0.25, -0.2) is 18.4 Å². The Morgan fingerprint density at radius 1 is 0.875 bits per heavy atom. The van der Waals surface area contributed by atoms with Gasteiger partial charge in [-0.3, -0.25) is 0 Å². The van der Waals surface area contributed by atoms with E-state index in [4.69, 9.17) is 9.97 Å². The van der Waals surface area contributed by atoms with Crippen LogP contribution in [0.2, 0.25) is 0 Å². The van der Waals surface area contributed by atoms with Crippen LogP contribution in [0.15, 0.2) is 54.6 Å². The quantitative estimate of drug-likeness (QED) is 0.571. The van der Waals surface area contributed by atoms with E-state index in [1.54, 1.807) is 11.2 Å². The molecule has 0 N–H and O–H groups in total. The normalized spacial score (nSPS) is 15.2. The Kier molecular flexibility index (Phi) is 6.58. The number of hydrogen-bond acceptors (Lipinski definition) is 5. The lowest BCUT2D eigenvalue weighted by Crippen LogP contribution is -2.49. The van der Waals surface area contributed by atoms with E-state index >= 15 is 0 Å². The van der Waals surface area contributed by atoms with E-state index in [9.17, 15) is 8.42 Å². The third-order valence-corrected chi connectivity index (χ3v) is 7.90. The van der Waals surface area contributed by atoms with E-state index < -0.39 is 10.0 Å². The van der Waals surface area contributed by atoms with Crippen molar-refractivity contribution in [3.05, 3.63) is 77.0 Å². The number of hydrogen-bond donors (Lipinski definition) is 0. The first-order valence-electron chi connectivity index (χ1n) is 11.1. The first kappa shape index (κ1) is 22.4. The average Bonchev–Trinajstić information content (AvgIpc) is 2.82. The van der Waals surface area contributed by atoms with Crippen LogP contribution in [-0.2, 0) is 16.4 Å². The molecule has 0 aliphatic carbocycles. The molecule has 3 aromatic rings. The maximum absolute atomic E-state index is 12.3. The van der Waals surface area contributed by atoms with E-state index in [0.29, 0.717) is 32.0 Å². The Hall–Kier alpha value is -2.77. The number of piperazine rings is 1. The standard InChI is InChI=1S/C25H30N4O2S/c1-4-32(30,31)29-16-14-28(15-17-29)25-23(18-21-12-10-19(2)11-13-21)20(3)26-24(27-25)22-8-6-5-7-9-22/h5-13H,4,14-18H2,1-3H3. The lowest BCUT2D eigenvalue weighted by Gasteiger charge is -2.35. The summed E-state index contributed by atoms with van der Waals surface area (Å²) < 4.78 is 26.2. The Labute approximate surface area is 191 Å². The molecule has 168 valence electrons. The minimum Gasteiger partial charge on any atom is -0.354 e. The van der Waals surface area contributed by atoms with Crippen molar-refractivity contribution in [3.8, 4) is 11.4 Å². The Bertz CT molecular complexity index is 1170. The van der Waals surface area contributed by atoms with E-state index in [0.717, 1.165) is 29.1 Å². The Morgan fingerprint density at radius 3 is 2.16 bits per heavy atom. The summed E-state index contributed by atoms with van der Waals surface area (Å²) in [7, 11) is -3.18. The zero-order valence-corrected chi connectivity index (χ0v) is 19.8. The molecule has 0 saturated carbocycles. The predicted octanol–water partition coefficient (Wildman–Crippen LogP) is 3.82. The fourth-order valence-corrected chi connectivity index (χ4v) is 5.12. The second-order valence-corrected chi connectivity index (χ2v) is 10.5. The molecule has 2 aromatic carbocycles. The van der Waals surface area contributed by atoms with Crippen LogP contribution < -0.4 is 4.90 Å². The molecule has 2 heterocycles. The lowest BCUT2D eigenvalue weighted by molar-refractivity contribution is 0.384. The van der Waals surface area contributed by atoms with Crippen molar-refractivity contribution in [2.75, 3.05) is 36.8 Å². The first-order valence-corrected chi connectivity index (χ1v) is 12.7. The van der Waals surface area contributed by atoms with Crippen LogP contribution in [0, 0.1) is 13.8 Å². The molecule has 1 aliphatic rings. The smallest absolute Gasteiger partial charge is 0.213 e. The molecular formula is C25H30N4O2S. The highest BCUT2D eigenvalue weighted by Crippen LogP contribution is 2.28. The summed E-state index contributed by atoms with van der Waals surface area (Å²) in [5.74, 6) is 1.75. The highest BCUT2D eigenvalue weighted by Gasteiger charge is 2.28. The van der Waals surface area contributed by atoms with Crippen LogP contribution in [0.4, 0.5) is 5.82 Å². The summed E-state index contributed by atoms with van der Waals surface area (Å²) in [5, 5.41) is 0. The van der Waals surface area contributed by atoms with Gasteiger partial charge in [0.25, 0.3) is 0 Å². The number of aryl methyl sites for hydroxylation is 2. The van der Waals surface area contributed by atoms with Gasteiger partial charge >= 0.3 is 0 Å². The molecule has 32 heavy (non-hydrogen) atoms. The van der Waals surface area contributed by atoms with Crippen LogP contribution in [-0.4, -0.2) is 54.6 Å². The van der Waals surface area contributed by atoms with Gasteiger partial charge in [0.1, 0.15) is 5.82 Å². The number of anilines is 1. The molecule has 0 atom stereocenters. The first-order chi connectivity index (χ1) is 15.4. The average molecular weight is 451 g/mol. The molecule has 7 heteroatoms. The number of aromatic nitrogens is 2. The maximum Gasteiger partial charge on any atom is 0.213 e. The number of sulfonamides is 1. The fourth-order valence-electron chi connectivity index (χ4n) is 4.04. The van der Waals surface area contributed by atoms with Crippen LogP contribution in [0.5, 0.6) is 0 Å². The number of rotatable bonds is 6. The van der Waals surface area contributed by atoms with Crippen molar-refractivity contribution in [2.45, 2.75) is 27.2 Å². The largest absolute Gasteiger partial charge is 0.354 e. The van der Waals surface area contributed by atoms with E-state index in [2.05, 4.69) is 36.1 Å². The van der Waals surface area contributed by atoms with Crippen molar-refractivity contribution in [3.63, 3.8) is 0 Å². The van der Waals surface area contributed by atoms with Crippen molar-refractivity contribution < 1.29 is 8.42 Å². The number of benzene rings is 2. The van der Waals surface area contributed by atoms with Gasteiger partial charge in [-0.2, -0.15) is 4.31 Å². The van der Waals surface area contributed by atoms with Crippen LogP contribution in [0.1, 0.15) is 29.3 Å². The second kappa shape index (κ2) is 9.38. The van der Waals surface area contributed by atoms with Crippen LogP contribution in [0.3, 0.4) is 0 Å². The van der Waals surface area contributed by atoms with E-state index in [-0.39, 0.29) is 5.75 Å². The van der Waals surface area contributed by atoms with Crippen molar-refractivity contribution >= 4 is 15.8 Å². The molecule has 1 aromatic heterocycles. The van der Waals surface area contributed by atoms with Gasteiger partial charge < -0.3 is 4.90 Å². The Morgan fingerprint density at radius 2 is 1.53 bits per heavy atom. The molecule has 0 spiro atoms. The molecule has 0 amide bonds. The molecule has 0 radical (unpaired) electrons. The second-order valence-electron chi connectivity index (χ2n) is 8.25. The van der Waals surface area contributed by atoms with Crippen molar-refractivity contribution in [1.29, 1.82) is 0 Å². The van der Waals surface area contributed by atoms with Gasteiger partial charge in [0, 0.05) is 49.4 Å². The minimum atomic E-state index is -3.18. The molecule has 1 aliphatic heterocycles. The third kappa shape index (κ3) is 4.84. The van der Waals surface area contributed by atoms with E-state index in [1.165, 1.54) is 11.1 Å². The number of nitrogens with zero attached hydrogens (tertiary/aromatic N) is 4. The molecule has 1 saturated heterocycles. The highest BCUT2D eigenvalue weighted by molar-refractivity contribution is 7.89. The summed E-state index contributed by atoms with van der Waals surface area (Å²) in [5.41, 5.74) is 5.47. The topological polar surface area (TPSA) is 66.4 Å². The maximum atomic E-state index is 12.3. The summed E-state index contributed by atoms with van der Waals surface area (Å²) in [6.07, 6.45) is 0.740. The summed E-state index contributed by atoms with van der Waals surface area (Å²) in [6.45, 7) is 8.01. The van der Waals surface area contributed by atoms with Gasteiger partial charge in [-0.05, 0) is 26.3 Å². The Balaban J connectivity index is 1.70. The van der Waals surface area contributed by atoms with E-state index in [1.807, 2.05) is 37.3 Å². The summed E-state index contributed by atoms with van der Waals surface area (Å²) in [6, 6.07) is 18.5. The summed E-state index contributed by atoms with van der Waals surface area (Å²) >= 11 is 0. The molecule has 4 rings (SSSR count). The molecule has 1 fully saturated rings. The molecule has 0 bridgehead atoms.